The molecule has 1 aliphatic rings. The smallest absolute Gasteiger partial charge is 0.258 e. The van der Waals surface area contributed by atoms with E-state index in [0.29, 0.717) is 55.2 Å². The van der Waals surface area contributed by atoms with E-state index >= 15 is 0 Å². The Labute approximate surface area is 167 Å². The fourth-order valence-electron chi connectivity index (χ4n) is 3.51. The Morgan fingerprint density at radius 1 is 1.17 bits per heavy atom. The van der Waals surface area contributed by atoms with Gasteiger partial charge in [0.05, 0.1) is 30.1 Å². The zero-order valence-electron chi connectivity index (χ0n) is 16.1. The van der Waals surface area contributed by atoms with Gasteiger partial charge in [-0.2, -0.15) is 0 Å². The van der Waals surface area contributed by atoms with Crippen LogP contribution < -0.4 is 10.3 Å². The van der Waals surface area contributed by atoms with E-state index in [1.807, 2.05) is 18.2 Å². The topological polar surface area (TPSA) is 98.8 Å². The van der Waals surface area contributed by atoms with Crippen molar-refractivity contribution >= 4 is 16.8 Å². The number of methoxy groups -OCH3 is 1. The molecule has 0 spiro atoms. The predicted octanol–water partition coefficient (Wildman–Crippen LogP) is 1.60. The average Bonchev–Trinajstić information content (AvgIpc) is 2.74. The number of rotatable bonds is 4. The van der Waals surface area contributed by atoms with Gasteiger partial charge >= 0.3 is 0 Å². The maximum Gasteiger partial charge on any atom is 0.258 e. The first-order valence-electron chi connectivity index (χ1n) is 9.42. The Bertz CT molecular complexity index is 1100. The molecule has 2 aromatic carbocycles. The van der Waals surface area contributed by atoms with E-state index in [-0.39, 0.29) is 22.8 Å². The van der Waals surface area contributed by atoms with Crippen molar-refractivity contribution in [2.24, 2.45) is 0 Å². The summed E-state index contributed by atoms with van der Waals surface area (Å²) in [7, 11) is 1.52. The molecular weight excluding hydrogens is 372 g/mol. The summed E-state index contributed by atoms with van der Waals surface area (Å²) in [5.74, 6) is 0.851. The molecule has 0 saturated carbocycles. The van der Waals surface area contributed by atoms with E-state index in [2.05, 4.69) is 14.9 Å². The summed E-state index contributed by atoms with van der Waals surface area (Å²) in [6.07, 6.45) is 0. The fourth-order valence-corrected chi connectivity index (χ4v) is 3.51. The number of para-hydroxylation sites is 1. The Kier molecular flexibility index (Phi) is 5.18. The Hall–Kier alpha value is -3.39. The normalized spacial score (nSPS) is 14.9. The number of hydrogen-bond acceptors (Lipinski definition) is 6. The molecule has 1 fully saturated rings. The number of H-pyrrole nitrogens is 1. The van der Waals surface area contributed by atoms with Crippen LogP contribution in [0.4, 0.5) is 0 Å². The van der Waals surface area contributed by atoms with Gasteiger partial charge in [0.2, 0.25) is 0 Å². The van der Waals surface area contributed by atoms with Crippen molar-refractivity contribution in [2.75, 3.05) is 33.3 Å². The molecule has 0 radical (unpaired) electrons. The maximum atomic E-state index is 12.8. The molecule has 0 aliphatic carbocycles. The summed E-state index contributed by atoms with van der Waals surface area (Å²) in [4.78, 5) is 36.2. The summed E-state index contributed by atoms with van der Waals surface area (Å²) in [6.45, 7) is 2.84. The number of nitrogens with zero attached hydrogens (tertiary/aromatic N) is 3. The van der Waals surface area contributed by atoms with E-state index in [1.165, 1.54) is 13.2 Å². The molecule has 2 N–H and O–H groups in total. The first kappa shape index (κ1) is 18.9. The molecule has 1 amide bonds. The standard InChI is InChI=1S/C21H22N4O4/c1-29-14-6-7-18(26)16(12-14)21(28)25-10-8-24(9-11-25)13-19-22-17-5-3-2-4-15(17)20(27)23-19/h2-7,12,26H,8-11,13H2,1H3,(H,22,23,27). The highest BCUT2D eigenvalue weighted by Gasteiger charge is 2.24. The third-order valence-electron chi connectivity index (χ3n) is 5.13. The molecule has 0 unspecified atom stereocenters. The van der Waals surface area contributed by atoms with Gasteiger partial charge in [0, 0.05) is 26.2 Å². The largest absolute Gasteiger partial charge is 0.507 e. The number of nitrogens with one attached hydrogen (secondary N) is 1. The Balaban J connectivity index is 1.42. The van der Waals surface area contributed by atoms with Crippen LogP contribution in [0.5, 0.6) is 11.5 Å². The van der Waals surface area contributed by atoms with E-state index in [9.17, 15) is 14.7 Å². The summed E-state index contributed by atoms with van der Waals surface area (Å²) >= 11 is 0. The SMILES string of the molecule is COc1ccc(O)c(C(=O)N2CCN(Cc3nc4ccccc4c(=O)[nH]3)CC2)c1. The highest BCUT2D eigenvalue weighted by molar-refractivity contribution is 5.97. The van der Waals surface area contributed by atoms with Crippen molar-refractivity contribution in [3.63, 3.8) is 0 Å². The number of ether oxygens (including phenoxy) is 1. The third kappa shape index (κ3) is 3.93. The summed E-state index contributed by atoms with van der Waals surface area (Å²) in [6, 6.07) is 11.9. The molecule has 0 bridgehead atoms. The van der Waals surface area contributed by atoms with Crippen LogP contribution in [0.25, 0.3) is 10.9 Å². The number of hydrogen-bond donors (Lipinski definition) is 2. The van der Waals surface area contributed by atoms with Gasteiger partial charge in [-0.1, -0.05) is 12.1 Å². The minimum absolute atomic E-state index is 0.0591. The number of amides is 1. The Morgan fingerprint density at radius 3 is 2.69 bits per heavy atom. The van der Waals surface area contributed by atoms with Crippen molar-refractivity contribution in [1.82, 2.24) is 19.8 Å². The first-order chi connectivity index (χ1) is 14.0. The van der Waals surface area contributed by atoms with Crippen molar-refractivity contribution in [3.8, 4) is 11.5 Å². The van der Waals surface area contributed by atoms with Gasteiger partial charge in [-0.25, -0.2) is 4.98 Å². The quantitative estimate of drug-likeness (QED) is 0.697. The molecule has 29 heavy (non-hydrogen) atoms. The van der Waals surface area contributed by atoms with Crippen molar-refractivity contribution in [1.29, 1.82) is 0 Å². The third-order valence-corrected chi connectivity index (χ3v) is 5.13. The van der Waals surface area contributed by atoms with E-state index in [1.54, 1.807) is 23.1 Å². The number of carbonyl (C=O) groups excluding carboxylic acids is 1. The second kappa shape index (κ2) is 7.92. The monoisotopic (exact) mass is 394 g/mol. The number of piperazine rings is 1. The molecule has 150 valence electrons. The lowest BCUT2D eigenvalue weighted by molar-refractivity contribution is 0.0622. The Morgan fingerprint density at radius 2 is 1.93 bits per heavy atom. The van der Waals surface area contributed by atoms with Gasteiger partial charge in [0.25, 0.3) is 11.5 Å². The predicted molar refractivity (Wildman–Crippen MR) is 108 cm³/mol. The van der Waals surface area contributed by atoms with Crippen LogP contribution in [0, 0.1) is 0 Å². The average molecular weight is 394 g/mol. The van der Waals surface area contributed by atoms with Crippen LogP contribution in [0.3, 0.4) is 0 Å². The zero-order valence-corrected chi connectivity index (χ0v) is 16.1. The van der Waals surface area contributed by atoms with Crippen molar-refractivity contribution < 1.29 is 14.6 Å². The van der Waals surface area contributed by atoms with Gasteiger partial charge in [0.1, 0.15) is 17.3 Å². The number of aromatic nitrogens is 2. The van der Waals surface area contributed by atoms with Gasteiger partial charge in [0.15, 0.2) is 0 Å². The number of aromatic amines is 1. The number of fused-ring (bicyclic) bond motifs is 1. The van der Waals surface area contributed by atoms with Crippen molar-refractivity contribution in [3.05, 3.63) is 64.2 Å². The first-order valence-corrected chi connectivity index (χ1v) is 9.42. The molecule has 1 aromatic heterocycles. The zero-order chi connectivity index (χ0) is 20.4. The van der Waals surface area contributed by atoms with E-state index < -0.39 is 0 Å². The molecule has 0 atom stereocenters. The molecule has 3 aromatic rings. The molecule has 8 heteroatoms. The van der Waals surface area contributed by atoms with Crippen LogP contribution in [0.15, 0.2) is 47.3 Å². The van der Waals surface area contributed by atoms with E-state index in [4.69, 9.17) is 4.74 Å². The van der Waals surface area contributed by atoms with Gasteiger partial charge in [-0.15, -0.1) is 0 Å². The lowest BCUT2D eigenvalue weighted by Gasteiger charge is -2.34. The number of aromatic hydroxyl groups is 1. The second-order valence-electron chi connectivity index (χ2n) is 6.98. The molecule has 2 heterocycles. The molecule has 4 rings (SSSR count). The molecular formula is C21H22N4O4. The maximum absolute atomic E-state index is 12.8. The lowest BCUT2D eigenvalue weighted by Crippen LogP contribution is -2.48. The molecule has 1 aliphatic heterocycles. The second-order valence-corrected chi connectivity index (χ2v) is 6.98. The minimum atomic E-state index is -0.224. The highest BCUT2D eigenvalue weighted by Crippen LogP contribution is 2.24. The lowest BCUT2D eigenvalue weighted by atomic mass is 10.1. The van der Waals surface area contributed by atoms with Crippen LogP contribution >= 0.6 is 0 Å². The summed E-state index contributed by atoms with van der Waals surface area (Å²) < 4.78 is 5.14. The van der Waals surface area contributed by atoms with Crippen LogP contribution in [-0.2, 0) is 6.54 Å². The highest BCUT2D eigenvalue weighted by atomic mass is 16.5. The summed E-state index contributed by atoms with van der Waals surface area (Å²) in [5, 5.41) is 10.6. The minimum Gasteiger partial charge on any atom is -0.507 e. The van der Waals surface area contributed by atoms with Gasteiger partial charge < -0.3 is 19.7 Å². The van der Waals surface area contributed by atoms with Crippen molar-refractivity contribution in [2.45, 2.75) is 6.54 Å². The van der Waals surface area contributed by atoms with Crippen LogP contribution in [0.1, 0.15) is 16.2 Å². The summed E-state index contributed by atoms with van der Waals surface area (Å²) in [5.41, 5.74) is 0.764. The van der Waals surface area contributed by atoms with Gasteiger partial charge in [-0.05, 0) is 30.3 Å². The number of phenolic OH excluding ortho intramolecular Hbond substituents is 1. The van der Waals surface area contributed by atoms with Crippen LogP contribution in [-0.4, -0.2) is 64.1 Å². The molecule has 1 saturated heterocycles. The number of benzene rings is 2. The molecule has 8 nitrogen and oxygen atoms in total. The van der Waals surface area contributed by atoms with E-state index in [0.717, 1.165) is 0 Å². The van der Waals surface area contributed by atoms with Gasteiger partial charge in [-0.3, -0.25) is 14.5 Å². The number of carbonyl (C=O) groups is 1. The number of phenols is 1. The van der Waals surface area contributed by atoms with Crippen LogP contribution in [0.2, 0.25) is 0 Å². The fraction of sp³-hybridized carbons (Fsp3) is 0.286.